The van der Waals surface area contributed by atoms with E-state index in [0.717, 1.165) is 12.7 Å². The molecule has 1 aromatic carbocycles. The first kappa shape index (κ1) is 9.33. The van der Waals surface area contributed by atoms with Crippen molar-refractivity contribution in [2.24, 2.45) is 0 Å². The fourth-order valence-electron chi connectivity index (χ4n) is 1.03. The van der Waals surface area contributed by atoms with Gasteiger partial charge in [0.2, 0.25) is 0 Å². The number of carbonyl (C=O) groups excluding carboxylic acids is 1. The Morgan fingerprint density at radius 1 is 1.42 bits per heavy atom. The first-order valence-electron chi connectivity index (χ1n) is 3.89. The van der Waals surface area contributed by atoms with Gasteiger partial charge in [0.15, 0.2) is 0 Å². The van der Waals surface area contributed by atoms with Crippen LogP contribution in [0.5, 0.6) is 0 Å². The van der Waals surface area contributed by atoms with Gasteiger partial charge < -0.3 is 4.79 Å². The second kappa shape index (κ2) is 4.99. The van der Waals surface area contributed by atoms with Crippen LogP contribution in [0.15, 0.2) is 30.3 Å². The van der Waals surface area contributed by atoms with Gasteiger partial charge in [-0.25, -0.2) is 0 Å². The second-order valence-corrected chi connectivity index (χ2v) is 3.68. The maximum atomic E-state index is 10.5. The minimum absolute atomic E-state index is 0.104. The van der Waals surface area contributed by atoms with E-state index in [4.69, 9.17) is 0 Å². The highest BCUT2D eigenvalue weighted by Crippen LogP contribution is 2.11. The molecule has 1 aromatic rings. The molecule has 0 bridgehead atoms. The molecule has 1 nitrogen and oxygen atoms in total. The number of hydrogen-bond donors (Lipinski definition) is 0. The number of benzene rings is 1. The van der Waals surface area contributed by atoms with E-state index in [9.17, 15) is 4.79 Å². The Morgan fingerprint density at radius 3 is 2.58 bits per heavy atom. The molecule has 0 aliphatic rings. The van der Waals surface area contributed by atoms with Gasteiger partial charge in [-0.05, 0) is 18.2 Å². The van der Waals surface area contributed by atoms with Crippen molar-refractivity contribution in [3.63, 3.8) is 0 Å². The van der Waals surface area contributed by atoms with E-state index in [0.29, 0.717) is 0 Å². The van der Waals surface area contributed by atoms with Crippen molar-refractivity contribution in [1.82, 2.24) is 0 Å². The molecular formula is C10H12OS. The highest BCUT2D eigenvalue weighted by Gasteiger charge is 2.04. The zero-order valence-electron chi connectivity index (χ0n) is 7.07. The molecular weight excluding hydrogens is 168 g/mol. The molecule has 1 atom stereocenters. The third-order valence-corrected chi connectivity index (χ3v) is 2.62. The molecule has 0 saturated carbocycles. The quantitative estimate of drug-likeness (QED) is 0.660. The van der Waals surface area contributed by atoms with Crippen LogP contribution in [0, 0.1) is 0 Å². The Hall–Kier alpha value is -0.760. The zero-order valence-corrected chi connectivity index (χ0v) is 7.88. The molecule has 0 spiro atoms. The van der Waals surface area contributed by atoms with Gasteiger partial charge in [0.05, 0.1) is 5.25 Å². The van der Waals surface area contributed by atoms with Crippen LogP contribution in [-0.2, 0) is 11.2 Å². The summed E-state index contributed by atoms with van der Waals surface area (Å²) in [4.78, 5) is 10.5. The van der Waals surface area contributed by atoms with Gasteiger partial charge in [-0.15, -0.1) is 0 Å². The number of thioether (sulfide) groups is 1. The minimum Gasteiger partial charge on any atom is -0.302 e. The van der Waals surface area contributed by atoms with Crippen LogP contribution in [0.1, 0.15) is 5.56 Å². The molecule has 1 rings (SSSR count). The topological polar surface area (TPSA) is 17.1 Å². The van der Waals surface area contributed by atoms with Crippen LogP contribution in [0.25, 0.3) is 0 Å². The van der Waals surface area contributed by atoms with Gasteiger partial charge in [0.1, 0.15) is 6.29 Å². The Labute approximate surface area is 77.2 Å². The number of hydrogen-bond acceptors (Lipinski definition) is 2. The number of carbonyl (C=O) groups is 1. The SMILES string of the molecule is CSC(C=O)Cc1ccccc1. The Kier molecular flexibility index (Phi) is 3.88. The van der Waals surface area contributed by atoms with Gasteiger partial charge in [0, 0.05) is 0 Å². The monoisotopic (exact) mass is 180 g/mol. The third-order valence-electron chi connectivity index (χ3n) is 1.73. The molecule has 0 fully saturated rings. The summed E-state index contributed by atoms with van der Waals surface area (Å²) in [6.45, 7) is 0. The van der Waals surface area contributed by atoms with Crippen molar-refractivity contribution in [2.45, 2.75) is 11.7 Å². The van der Waals surface area contributed by atoms with Gasteiger partial charge in [-0.2, -0.15) is 11.8 Å². The lowest BCUT2D eigenvalue weighted by molar-refractivity contribution is -0.107. The zero-order chi connectivity index (χ0) is 8.81. The van der Waals surface area contributed by atoms with Crippen molar-refractivity contribution < 1.29 is 4.79 Å². The average Bonchev–Trinajstić information content (AvgIpc) is 2.16. The van der Waals surface area contributed by atoms with Gasteiger partial charge in [-0.3, -0.25) is 0 Å². The normalized spacial score (nSPS) is 12.4. The van der Waals surface area contributed by atoms with Crippen LogP contribution in [0.2, 0.25) is 0 Å². The van der Waals surface area contributed by atoms with E-state index in [2.05, 4.69) is 0 Å². The number of aldehydes is 1. The highest BCUT2D eigenvalue weighted by molar-refractivity contribution is 7.99. The lowest BCUT2D eigenvalue weighted by Crippen LogP contribution is -2.07. The van der Waals surface area contributed by atoms with Crippen LogP contribution in [0.4, 0.5) is 0 Å². The first-order chi connectivity index (χ1) is 5.86. The maximum Gasteiger partial charge on any atom is 0.133 e. The first-order valence-corrected chi connectivity index (χ1v) is 5.17. The van der Waals surface area contributed by atoms with E-state index in [1.807, 2.05) is 36.6 Å². The molecule has 0 heterocycles. The highest BCUT2D eigenvalue weighted by atomic mass is 32.2. The van der Waals surface area contributed by atoms with Crippen molar-refractivity contribution in [3.05, 3.63) is 35.9 Å². The van der Waals surface area contributed by atoms with E-state index in [-0.39, 0.29) is 5.25 Å². The summed E-state index contributed by atoms with van der Waals surface area (Å²) in [7, 11) is 0. The van der Waals surface area contributed by atoms with Crippen LogP contribution in [0.3, 0.4) is 0 Å². The van der Waals surface area contributed by atoms with E-state index in [1.54, 1.807) is 11.8 Å². The molecule has 0 aliphatic heterocycles. The van der Waals surface area contributed by atoms with Crippen molar-refractivity contribution >= 4 is 18.0 Å². The largest absolute Gasteiger partial charge is 0.302 e. The summed E-state index contributed by atoms with van der Waals surface area (Å²) in [5, 5.41) is 0.104. The summed E-state index contributed by atoms with van der Waals surface area (Å²) in [6.07, 6.45) is 3.81. The fourth-order valence-corrected chi connectivity index (χ4v) is 1.50. The molecule has 0 aromatic heterocycles. The predicted octanol–water partition coefficient (Wildman–Crippen LogP) is 2.16. The molecule has 1 unspecified atom stereocenters. The van der Waals surface area contributed by atoms with Gasteiger partial charge in [-0.1, -0.05) is 30.3 Å². The van der Waals surface area contributed by atoms with Crippen molar-refractivity contribution in [3.8, 4) is 0 Å². The molecule has 0 aliphatic carbocycles. The summed E-state index contributed by atoms with van der Waals surface area (Å²) in [6, 6.07) is 10.1. The Bertz CT molecular complexity index is 233. The van der Waals surface area contributed by atoms with Gasteiger partial charge in [0.25, 0.3) is 0 Å². The molecule has 12 heavy (non-hydrogen) atoms. The van der Waals surface area contributed by atoms with E-state index in [1.165, 1.54) is 5.56 Å². The third kappa shape index (κ3) is 2.70. The smallest absolute Gasteiger partial charge is 0.133 e. The molecule has 2 heteroatoms. The van der Waals surface area contributed by atoms with Crippen LogP contribution >= 0.6 is 11.8 Å². The lowest BCUT2D eigenvalue weighted by atomic mass is 10.1. The predicted molar refractivity (Wildman–Crippen MR) is 53.5 cm³/mol. The molecule has 0 amide bonds. The van der Waals surface area contributed by atoms with Gasteiger partial charge >= 0.3 is 0 Å². The lowest BCUT2D eigenvalue weighted by Gasteiger charge is -2.05. The standard InChI is InChI=1S/C10H12OS/c1-12-10(8-11)7-9-5-3-2-4-6-9/h2-6,8,10H,7H2,1H3. The van der Waals surface area contributed by atoms with Crippen molar-refractivity contribution in [1.29, 1.82) is 0 Å². The second-order valence-electron chi connectivity index (χ2n) is 2.60. The van der Waals surface area contributed by atoms with Crippen molar-refractivity contribution in [2.75, 3.05) is 6.26 Å². The maximum absolute atomic E-state index is 10.5. The summed E-state index contributed by atoms with van der Waals surface area (Å²) >= 11 is 1.60. The Morgan fingerprint density at radius 2 is 2.08 bits per heavy atom. The average molecular weight is 180 g/mol. The fraction of sp³-hybridized carbons (Fsp3) is 0.300. The van der Waals surface area contributed by atoms with E-state index >= 15 is 0 Å². The Balaban J connectivity index is 2.56. The molecule has 64 valence electrons. The van der Waals surface area contributed by atoms with Crippen LogP contribution < -0.4 is 0 Å². The molecule has 0 radical (unpaired) electrons. The summed E-state index contributed by atoms with van der Waals surface area (Å²) < 4.78 is 0. The summed E-state index contributed by atoms with van der Waals surface area (Å²) in [5.41, 5.74) is 1.23. The van der Waals surface area contributed by atoms with Crippen LogP contribution in [-0.4, -0.2) is 17.8 Å². The summed E-state index contributed by atoms with van der Waals surface area (Å²) in [5.74, 6) is 0. The molecule has 0 saturated heterocycles. The minimum atomic E-state index is 0.104. The molecule has 0 N–H and O–H groups in total. The number of rotatable bonds is 4. The van der Waals surface area contributed by atoms with E-state index < -0.39 is 0 Å².